The van der Waals surface area contributed by atoms with Crippen molar-refractivity contribution in [3.05, 3.63) is 29.8 Å². The zero-order valence-electron chi connectivity index (χ0n) is 9.12. The van der Waals surface area contributed by atoms with Gasteiger partial charge < -0.3 is 5.43 Å². The van der Waals surface area contributed by atoms with E-state index in [1.807, 2.05) is 24.3 Å². The summed E-state index contributed by atoms with van der Waals surface area (Å²) in [6.07, 6.45) is 0.698. The first kappa shape index (κ1) is 12.6. The zero-order chi connectivity index (χ0) is 11.8. The number of nitrogens with one attached hydrogen (secondary N) is 1. The molecule has 0 amide bonds. The van der Waals surface area contributed by atoms with Crippen LogP contribution >= 0.6 is 11.8 Å². The number of nitrogens with two attached hydrogens (primary N) is 1. The maximum absolute atomic E-state index is 10.7. The van der Waals surface area contributed by atoms with Crippen molar-refractivity contribution < 1.29 is 4.79 Å². The van der Waals surface area contributed by atoms with E-state index in [1.165, 1.54) is 11.8 Å². The van der Waals surface area contributed by atoms with Gasteiger partial charge in [0.05, 0.1) is 5.69 Å². The van der Waals surface area contributed by atoms with E-state index in [4.69, 9.17) is 5.84 Å². The van der Waals surface area contributed by atoms with E-state index in [-0.39, 0.29) is 5.12 Å². The minimum Gasteiger partial charge on any atom is -0.323 e. The highest BCUT2D eigenvalue weighted by atomic mass is 32.2. The third-order valence-electron chi connectivity index (χ3n) is 1.84. The number of hydrazine groups is 1. The van der Waals surface area contributed by atoms with E-state index in [0.29, 0.717) is 6.42 Å². The van der Waals surface area contributed by atoms with Gasteiger partial charge in [-0.05, 0) is 12.1 Å². The highest BCUT2D eigenvalue weighted by Crippen LogP contribution is 2.11. The fourth-order valence-corrected chi connectivity index (χ4v) is 1.61. The highest BCUT2D eigenvalue weighted by molar-refractivity contribution is 8.13. The summed E-state index contributed by atoms with van der Waals surface area (Å²) >= 11 is 1.29. The summed E-state index contributed by atoms with van der Waals surface area (Å²) in [6, 6.07) is 7.58. The van der Waals surface area contributed by atoms with Crippen LogP contribution in [0.3, 0.4) is 0 Å². The van der Waals surface area contributed by atoms with Crippen molar-refractivity contribution >= 4 is 22.6 Å². The van der Waals surface area contributed by atoms with Crippen molar-refractivity contribution in [3.63, 3.8) is 0 Å². The van der Waals surface area contributed by atoms with Crippen molar-refractivity contribution in [2.45, 2.75) is 13.3 Å². The standard InChI is InChI=1S/C12H14N2OS/c1-10(15)16-9-5-4-7-11-6-2-3-8-12(11)14-13/h2-3,6,8,14H,5,9,13H2,1H3. The molecule has 0 aliphatic carbocycles. The first-order valence-electron chi connectivity index (χ1n) is 4.92. The summed E-state index contributed by atoms with van der Waals surface area (Å²) in [6.45, 7) is 1.56. The molecule has 0 aromatic heterocycles. The summed E-state index contributed by atoms with van der Waals surface area (Å²) < 4.78 is 0. The van der Waals surface area contributed by atoms with E-state index >= 15 is 0 Å². The lowest BCUT2D eigenvalue weighted by Gasteiger charge is -2.01. The number of benzene rings is 1. The first-order chi connectivity index (χ1) is 7.74. The zero-order valence-corrected chi connectivity index (χ0v) is 9.93. The quantitative estimate of drug-likeness (QED) is 0.363. The van der Waals surface area contributed by atoms with Crippen molar-refractivity contribution in [2.75, 3.05) is 11.2 Å². The second kappa shape index (κ2) is 6.94. The van der Waals surface area contributed by atoms with Gasteiger partial charge in [0.25, 0.3) is 0 Å². The molecule has 1 rings (SSSR count). The summed E-state index contributed by atoms with van der Waals surface area (Å²) in [4.78, 5) is 10.7. The third-order valence-corrected chi connectivity index (χ3v) is 2.65. The monoisotopic (exact) mass is 234 g/mol. The number of thioether (sulfide) groups is 1. The molecule has 0 atom stereocenters. The van der Waals surface area contributed by atoms with Gasteiger partial charge >= 0.3 is 0 Å². The Kier molecular flexibility index (Phi) is 5.48. The number of para-hydroxylation sites is 1. The van der Waals surface area contributed by atoms with Gasteiger partial charge in [0.1, 0.15) is 0 Å². The Morgan fingerprint density at radius 1 is 1.50 bits per heavy atom. The molecule has 0 saturated carbocycles. The third kappa shape index (κ3) is 4.39. The lowest BCUT2D eigenvalue weighted by Crippen LogP contribution is -2.07. The van der Waals surface area contributed by atoms with E-state index in [2.05, 4.69) is 17.3 Å². The van der Waals surface area contributed by atoms with Gasteiger partial charge in [0.2, 0.25) is 0 Å². The topological polar surface area (TPSA) is 55.1 Å². The summed E-state index contributed by atoms with van der Waals surface area (Å²) in [5, 5.41) is 0.130. The highest BCUT2D eigenvalue weighted by Gasteiger charge is 1.94. The smallest absolute Gasteiger partial charge is 0.185 e. The Morgan fingerprint density at radius 2 is 2.25 bits per heavy atom. The minimum atomic E-state index is 0.130. The molecular weight excluding hydrogens is 220 g/mol. The van der Waals surface area contributed by atoms with E-state index in [9.17, 15) is 4.79 Å². The molecule has 4 heteroatoms. The fourth-order valence-electron chi connectivity index (χ4n) is 1.12. The van der Waals surface area contributed by atoms with Gasteiger partial charge in [-0.15, -0.1) is 0 Å². The molecule has 0 heterocycles. The molecule has 0 unspecified atom stereocenters. The number of rotatable bonds is 3. The van der Waals surface area contributed by atoms with Crippen LogP contribution in [0.4, 0.5) is 5.69 Å². The van der Waals surface area contributed by atoms with Crippen LogP contribution in [0.1, 0.15) is 18.9 Å². The molecular formula is C12H14N2OS. The average Bonchev–Trinajstić information content (AvgIpc) is 2.29. The Morgan fingerprint density at radius 3 is 2.94 bits per heavy atom. The van der Waals surface area contributed by atoms with Gasteiger partial charge in [0.15, 0.2) is 5.12 Å². The van der Waals surface area contributed by atoms with Crippen molar-refractivity contribution in [1.29, 1.82) is 0 Å². The number of hydrogen-bond donors (Lipinski definition) is 2. The van der Waals surface area contributed by atoms with Crippen LogP contribution in [0.5, 0.6) is 0 Å². The number of carbonyl (C=O) groups is 1. The van der Waals surface area contributed by atoms with Crippen LogP contribution in [0.2, 0.25) is 0 Å². The van der Waals surface area contributed by atoms with Crippen LogP contribution in [0.15, 0.2) is 24.3 Å². The normalized spacial score (nSPS) is 9.12. The Bertz CT molecular complexity index is 421. The summed E-state index contributed by atoms with van der Waals surface area (Å²) in [5.41, 5.74) is 4.28. The molecule has 1 aromatic rings. The second-order valence-corrected chi connectivity index (χ2v) is 4.35. The molecule has 0 bridgehead atoms. The number of anilines is 1. The largest absolute Gasteiger partial charge is 0.323 e. The molecule has 84 valence electrons. The molecule has 3 nitrogen and oxygen atoms in total. The molecule has 0 spiro atoms. The Hall–Kier alpha value is -1.44. The maximum atomic E-state index is 10.7. The van der Waals surface area contributed by atoms with Gasteiger partial charge in [-0.25, -0.2) is 0 Å². The predicted molar refractivity (Wildman–Crippen MR) is 68.9 cm³/mol. The molecule has 1 aromatic carbocycles. The molecule has 0 aliphatic heterocycles. The van der Waals surface area contributed by atoms with Crippen LogP contribution in [0, 0.1) is 11.8 Å². The number of hydrogen-bond acceptors (Lipinski definition) is 4. The van der Waals surface area contributed by atoms with Gasteiger partial charge in [-0.2, -0.15) is 0 Å². The maximum Gasteiger partial charge on any atom is 0.185 e. The van der Waals surface area contributed by atoms with Crippen molar-refractivity contribution in [3.8, 4) is 11.8 Å². The molecule has 0 aliphatic rings. The van der Waals surface area contributed by atoms with Crippen molar-refractivity contribution in [1.82, 2.24) is 0 Å². The van der Waals surface area contributed by atoms with Gasteiger partial charge in [-0.1, -0.05) is 35.7 Å². The molecule has 3 N–H and O–H groups in total. The number of carbonyl (C=O) groups excluding carboxylic acids is 1. The van der Waals surface area contributed by atoms with Gasteiger partial charge in [-0.3, -0.25) is 10.6 Å². The lowest BCUT2D eigenvalue weighted by atomic mass is 10.2. The summed E-state index contributed by atoms with van der Waals surface area (Å²) in [7, 11) is 0. The minimum absolute atomic E-state index is 0.130. The summed E-state index contributed by atoms with van der Waals surface area (Å²) in [5.74, 6) is 12.1. The van der Waals surface area contributed by atoms with Crippen molar-refractivity contribution in [2.24, 2.45) is 5.84 Å². The van der Waals surface area contributed by atoms with E-state index < -0.39 is 0 Å². The molecule has 16 heavy (non-hydrogen) atoms. The van der Waals surface area contributed by atoms with Crippen LogP contribution in [-0.4, -0.2) is 10.9 Å². The van der Waals surface area contributed by atoms with Crippen LogP contribution in [0.25, 0.3) is 0 Å². The second-order valence-electron chi connectivity index (χ2n) is 3.08. The van der Waals surface area contributed by atoms with Crippen LogP contribution < -0.4 is 11.3 Å². The predicted octanol–water partition coefficient (Wildman–Crippen LogP) is 1.99. The molecule has 0 fully saturated rings. The van der Waals surface area contributed by atoms with E-state index in [0.717, 1.165) is 17.0 Å². The SMILES string of the molecule is CC(=O)SCCC#Cc1ccccc1NN. The lowest BCUT2D eigenvalue weighted by molar-refractivity contribution is -0.109. The van der Waals surface area contributed by atoms with Crippen LogP contribution in [-0.2, 0) is 4.79 Å². The number of nitrogen functional groups attached to an aromatic ring is 1. The average molecular weight is 234 g/mol. The Balaban J connectivity index is 2.52. The molecule has 0 radical (unpaired) electrons. The first-order valence-corrected chi connectivity index (χ1v) is 5.90. The van der Waals surface area contributed by atoms with E-state index in [1.54, 1.807) is 6.92 Å². The van der Waals surface area contributed by atoms with Gasteiger partial charge in [0, 0.05) is 24.7 Å². The molecule has 0 saturated heterocycles. The fraction of sp³-hybridized carbons (Fsp3) is 0.250. The Labute approximate surface area is 99.8 Å².